The Bertz CT molecular complexity index is 488. The molecule has 21 heavy (non-hydrogen) atoms. The van der Waals surface area contributed by atoms with E-state index in [0.29, 0.717) is 5.92 Å². The Morgan fingerprint density at radius 3 is 2.62 bits per heavy atom. The zero-order chi connectivity index (χ0) is 15.2. The summed E-state index contributed by atoms with van der Waals surface area (Å²) in [6.45, 7) is 2.24. The number of carbonyl (C=O) groups excluding carboxylic acids is 1. The Morgan fingerprint density at radius 1 is 1.33 bits per heavy atom. The van der Waals surface area contributed by atoms with E-state index in [9.17, 15) is 14.7 Å². The molecule has 0 spiro atoms. The summed E-state index contributed by atoms with van der Waals surface area (Å²) in [6, 6.07) is 8.43. The van der Waals surface area contributed by atoms with Crippen LogP contribution in [0.2, 0.25) is 0 Å². The van der Waals surface area contributed by atoms with Crippen LogP contribution in [-0.4, -0.2) is 23.2 Å². The van der Waals surface area contributed by atoms with Crippen molar-refractivity contribution in [1.29, 1.82) is 0 Å². The lowest BCUT2D eigenvalue weighted by molar-refractivity contribution is -0.140. The second-order valence-corrected chi connectivity index (χ2v) is 5.70. The number of carbonyl (C=O) groups is 2. The number of ether oxygens (including phenoxy) is 1. The standard InChI is InChI=1S/C16H21NO4/c1-11-7-8-13(9-11)14(15(18)19)17-16(20)21-10-12-5-3-2-4-6-12/h2-6,11,13-14H,7-10H2,1H3,(H,17,20)(H,18,19)/t11-,13+,14+/m1/s1. The number of hydrogen-bond acceptors (Lipinski definition) is 3. The van der Waals surface area contributed by atoms with Crippen molar-refractivity contribution in [3.63, 3.8) is 0 Å². The average Bonchev–Trinajstić information content (AvgIpc) is 2.89. The molecule has 2 rings (SSSR count). The highest BCUT2D eigenvalue weighted by molar-refractivity contribution is 5.80. The maximum Gasteiger partial charge on any atom is 0.408 e. The quantitative estimate of drug-likeness (QED) is 0.874. The summed E-state index contributed by atoms with van der Waals surface area (Å²) < 4.78 is 5.08. The minimum Gasteiger partial charge on any atom is -0.480 e. The summed E-state index contributed by atoms with van der Waals surface area (Å²) in [4.78, 5) is 23.1. The molecule has 1 amide bonds. The number of rotatable bonds is 5. The lowest BCUT2D eigenvalue weighted by Crippen LogP contribution is -2.45. The maximum absolute atomic E-state index is 11.8. The van der Waals surface area contributed by atoms with E-state index in [-0.39, 0.29) is 12.5 Å². The Balaban J connectivity index is 1.85. The van der Waals surface area contributed by atoms with Gasteiger partial charge < -0.3 is 15.2 Å². The van der Waals surface area contributed by atoms with Crippen molar-refractivity contribution in [3.8, 4) is 0 Å². The minimum atomic E-state index is -0.995. The number of benzene rings is 1. The second-order valence-electron chi connectivity index (χ2n) is 5.70. The lowest BCUT2D eigenvalue weighted by Gasteiger charge is -2.20. The van der Waals surface area contributed by atoms with E-state index in [1.165, 1.54) is 0 Å². The molecule has 1 aliphatic rings. The lowest BCUT2D eigenvalue weighted by atomic mass is 9.97. The van der Waals surface area contributed by atoms with E-state index in [1.807, 2.05) is 30.3 Å². The number of aliphatic carboxylic acids is 1. The van der Waals surface area contributed by atoms with Gasteiger partial charge >= 0.3 is 12.1 Å². The van der Waals surface area contributed by atoms with Gasteiger partial charge in [-0.05, 0) is 30.2 Å². The summed E-state index contributed by atoms with van der Waals surface area (Å²) in [6.07, 6.45) is 1.99. The Hall–Kier alpha value is -2.04. The molecule has 1 fully saturated rings. The van der Waals surface area contributed by atoms with Gasteiger partial charge in [0.1, 0.15) is 12.6 Å². The zero-order valence-corrected chi connectivity index (χ0v) is 12.1. The molecule has 1 aliphatic carbocycles. The van der Waals surface area contributed by atoms with E-state index in [1.54, 1.807) is 0 Å². The van der Waals surface area contributed by atoms with E-state index in [4.69, 9.17) is 4.74 Å². The summed E-state index contributed by atoms with van der Waals surface area (Å²) >= 11 is 0. The van der Waals surface area contributed by atoms with Gasteiger partial charge in [-0.3, -0.25) is 0 Å². The third-order valence-electron chi connectivity index (χ3n) is 3.96. The molecule has 0 unspecified atom stereocenters. The molecule has 5 nitrogen and oxygen atoms in total. The van der Waals surface area contributed by atoms with Crippen LogP contribution in [0.4, 0.5) is 4.79 Å². The van der Waals surface area contributed by atoms with Crippen LogP contribution in [0.1, 0.15) is 31.7 Å². The Morgan fingerprint density at radius 2 is 2.05 bits per heavy atom. The van der Waals surface area contributed by atoms with Crippen molar-refractivity contribution in [3.05, 3.63) is 35.9 Å². The van der Waals surface area contributed by atoms with Crippen LogP contribution in [0.3, 0.4) is 0 Å². The van der Waals surface area contributed by atoms with Gasteiger partial charge in [0.15, 0.2) is 0 Å². The molecule has 0 aromatic heterocycles. The summed E-state index contributed by atoms with van der Waals surface area (Å²) in [5.41, 5.74) is 0.869. The number of nitrogens with one attached hydrogen (secondary N) is 1. The fourth-order valence-electron chi connectivity index (χ4n) is 2.83. The first-order valence-electron chi connectivity index (χ1n) is 7.26. The van der Waals surface area contributed by atoms with Crippen molar-refractivity contribution in [1.82, 2.24) is 5.32 Å². The third kappa shape index (κ3) is 4.48. The first-order valence-corrected chi connectivity index (χ1v) is 7.26. The van der Waals surface area contributed by atoms with Crippen molar-refractivity contribution < 1.29 is 19.4 Å². The van der Waals surface area contributed by atoms with Crippen LogP contribution in [0, 0.1) is 11.8 Å². The largest absolute Gasteiger partial charge is 0.480 e. The highest BCUT2D eigenvalue weighted by atomic mass is 16.5. The molecule has 1 saturated carbocycles. The molecular formula is C16H21NO4. The summed E-state index contributed by atoms with van der Waals surface area (Å²) in [5, 5.41) is 11.8. The first-order chi connectivity index (χ1) is 10.1. The van der Waals surface area contributed by atoms with Crippen LogP contribution in [-0.2, 0) is 16.1 Å². The molecule has 0 saturated heterocycles. The van der Waals surface area contributed by atoms with Gasteiger partial charge in [-0.2, -0.15) is 0 Å². The van der Waals surface area contributed by atoms with Crippen LogP contribution < -0.4 is 5.32 Å². The van der Waals surface area contributed by atoms with Crippen molar-refractivity contribution >= 4 is 12.1 Å². The van der Waals surface area contributed by atoms with Gasteiger partial charge in [0.2, 0.25) is 0 Å². The van der Waals surface area contributed by atoms with Gasteiger partial charge in [0.25, 0.3) is 0 Å². The van der Waals surface area contributed by atoms with Gasteiger partial charge in [0, 0.05) is 0 Å². The third-order valence-corrected chi connectivity index (χ3v) is 3.96. The van der Waals surface area contributed by atoms with Crippen molar-refractivity contribution in [2.75, 3.05) is 0 Å². The normalized spacial score (nSPS) is 22.5. The van der Waals surface area contributed by atoms with Gasteiger partial charge in [-0.15, -0.1) is 0 Å². The molecule has 5 heteroatoms. The van der Waals surface area contributed by atoms with Gasteiger partial charge in [0.05, 0.1) is 0 Å². The number of alkyl carbamates (subject to hydrolysis) is 1. The highest BCUT2D eigenvalue weighted by Crippen LogP contribution is 2.32. The Labute approximate surface area is 124 Å². The number of hydrogen-bond donors (Lipinski definition) is 2. The number of carboxylic acids is 1. The summed E-state index contributed by atoms with van der Waals surface area (Å²) in [7, 11) is 0. The van der Waals surface area contributed by atoms with E-state index < -0.39 is 18.1 Å². The molecule has 2 N–H and O–H groups in total. The van der Waals surface area contributed by atoms with Gasteiger partial charge in [-0.1, -0.05) is 43.7 Å². The molecule has 0 bridgehead atoms. The first kappa shape index (κ1) is 15.4. The van der Waals surface area contributed by atoms with Crippen LogP contribution in [0.5, 0.6) is 0 Å². The number of amides is 1. The monoisotopic (exact) mass is 291 g/mol. The maximum atomic E-state index is 11.8. The van der Waals surface area contributed by atoms with E-state index in [2.05, 4.69) is 12.2 Å². The predicted molar refractivity (Wildman–Crippen MR) is 77.7 cm³/mol. The fourth-order valence-corrected chi connectivity index (χ4v) is 2.83. The van der Waals surface area contributed by atoms with Crippen LogP contribution in [0.25, 0.3) is 0 Å². The molecule has 1 aromatic carbocycles. The predicted octanol–water partition coefficient (Wildman–Crippen LogP) is 2.80. The average molecular weight is 291 g/mol. The van der Waals surface area contributed by atoms with Crippen molar-refractivity contribution in [2.45, 2.75) is 38.8 Å². The van der Waals surface area contributed by atoms with E-state index >= 15 is 0 Å². The molecule has 0 aliphatic heterocycles. The van der Waals surface area contributed by atoms with Crippen LogP contribution in [0.15, 0.2) is 30.3 Å². The zero-order valence-electron chi connectivity index (χ0n) is 12.1. The van der Waals surface area contributed by atoms with Crippen LogP contribution >= 0.6 is 0 Å². The SMILES string of the molecule is C[C@@H]1CC[C@H]([C@H](NC(=O)OCc2ccccc2)C(=O)O)C1. The second kappa shape index (κ2) is 7.11. The smallest absolute Gasteiger partial charge is 0.408 e. The summed E-state index contributed by atoms with van der Waals surface area (Å²) in [5.74, 6) is -0.494. The molecule has 114 valence electrons. The topological polar surface area (TPSA) is 75.6 Å². The molecule has 0 radical (unpaired) electrons. The molecule has 3 atom stereocenters. The molecular weight excluding hydrogens is 270 g/mol. The minimum absolute atomic E-state index is 0.0122. The molecule has 0 heterocycles. The van der Waals surface area contributed by atoms with E-state index in [0.717, 1.165) is 24.8 Å². The highest BCUT2D eigenvalue weighted by Gasteiger charge is 2.34. The number of carboxylic acid groups (broad SMARTS) is 1. The fraction of sp³-hybridized carbons (Fsp3) is 0.500. The Kier molecular flexibility index (Phi) is 5.20. The molecule has 1 aromatic rings. The van der Waals surface area contributed by atoms with Crippen molar-refractivity contribution in [2.24, 2.45) is 11.8 Å². The van der Waals surface area contributed by atoms with Gasteiger partial charge in [-0.25, -0.2) is 9.59 Å².